The fraction of sp³-hybridized carbons (Fsp3) is 0.227. The Bertz CT molecular complexity index is 1190. The van der Waals surface area contributed by atoms with Gasteiger partial charge in [0.05, 0.1) is 0 Å². The van der Waals surface area contributed by atoms with E-state index < -0.39 is 17.2 Å². The number of fused-ring (bicyclic) bond motifs is 1. The molecule has 150 valence electrons. The lowest BCUT2D eigenvalue weighted by Gasteiger charge is -2.19. The molecule has 2 aromatic carbocycles. The van der Waals surface area contributed by atoms with E-state index in [0.717, 1.165) is 34.1 Å². The monoisotopic (exact) mass is 392 g/mol. The van der Waals surface area contributed by atoms with E-state index in [1.807, 2.05) is 49.4 Å². The van der Waals surface area contributed by atoms with Gasteiger partial charge in [-0.3, -0.25) is 19.1 Å². The lowest BCUT2D eigenvalue weighted by molar-refractivity contribution is -0.113. The molecule has 3 rings (SSSR count). The predicted octanol–water partition coefficient (Wildman–Crippen LogP) is 2.75. The number of nitrogens with two attached hydrogens (primary N) is 1. The Morgan fingerprint density at radius 2 is 1.90 bits per heavy atom. The lowest BCUT2D eigenvalue weighted by Crippen LogP contribution is -2.38. The topological polar surface area (TPSA) is 101 Å². The number of rotatable bonds is 6. The molecule has 1 heterocycles. The molecule has 0 saturated carbocycles. The average Bonchev–Trinajstić information content (AvgIpc) is 2.71. The van der Waals surface area contributed by atoms with Crippen LogP contribution >= 0.6 is 0 Å². The minimum absolute atomic E-state index is 0.0124. The molecule has 7 nitrogen and oxygen atoms in total. The van der Waals surface area contributed by atoms with Gasteiger partial charge in [0.2, 0.25) is 0 Å². The summed E-state index contributed by atoms with van der Waals surface area (Å²) in [6.07, 6.45) is 4.69. The molecule has 1 amide bonds. The van der Waals surface area contributed by atoms with Crippen LogP contribution in [0.2, 0.25) is 0 Å². The highest BCUT2D eigenvalue weighted by molar-refractivity contribution is 6.05. The van der Waals surface area contributed by atoms with E-state index in [-0.39, 0.29) is 11.5 Å². The molecule has 0 aliphatic heterocycles. The Balaban J connectivity index is 1.93. The van der Waals surface area contributed by atoms with Gasteiger partial charge in [0.25, 0.3) is 11.5 Å². The van der Waals surface area contributed by atoms with E-state index in [2.05, 4.69) is 4.98 Å². The van der Waals surface area contributed by atoms with Gasteiger partial charge >= 0.3 is 5.69 Å². The van der Waals surface area contributed by atoms with E-state index in [9.17, 15) is 14.4 Å². The van der Waals surface area contributed by atoms with Crippen molar-refractivity contribution in [1.82, 2.24) is 9.55 Å². The van der Waals surface area contributed by atoms with Gasteiger partial charge in [-0.15, -0.1) is 0 Å². The van der Waals surface area contributed by atoms with Gasteiger partial charge in [0, 0.05) is 19.7 Å². The van der Waals surface area contributed by atoms with Crippen molar-refractivity contribution >= 4 is 34.3 Å². The number of benzene rings is 2. The SMILES string of the molecule is CCCCn1c(N)c(N(C)C(=O)C=Cc2cccc3ccccc23)c(=O)[nH]c1=O. The van der Waals surface area contributed by atoms with Crippen molar-refractivity contribution in [3.05, 3.63) is 74.9 Å². The van der Waals surface area contributed by atoms with Gasteiger partial charge in [-0.1, -0.05) is 55.8 Å². The van der Waals surface area contributed by atoms with Crippen LogP contribution in [0.1, 0.15) is 25.3 Å². The first-order chi connectivity index (χ1) is 13.9. The summed E-state index contributed by atoms with van der Waals surface area (Å²) in [4.78, 5) is 40.5. The smallest absolute Gasteiger partial charge is 0.330 e. The lowest BCUT2D eigenvalue weighted by atomic mass is 10.0. The van der Waals surface area contributed by atoms with E-state index in [0.29, 0.717) is 6.54 Å². The maximum Gasteiger partial charge on any atom is 0.330 e. The number of aromatic amines is 1. The number of hydrogen-bond donors (Lipinski definition) is 2. The Labute approximate surface area is 168 Å². The molecule has 0 radical (unpaired) electrons. The first kappa shape index (κ1) is 20.1. The van der Waals surface area contributed by atoms with Gasteiger partial charge in [0.1, 0.15) is 5.82 Å². The van der Waals surface area contributed by atoms with Gasteiger partial charge in [-0.25, -0.2) is 4.79 Å². The molecule has 0 atom stereocenters. The van der Waals surface area contributed by atoms with Gasteiger partial charge < -0.3 is 10.6 Å². The standard InChI is InChI=1S/C22H24N4O3/c1-3-4-14-26-20(23)19(21(28)24-22(26)29)25(2)18(27)13-12-16-10-7-9-15-8-5-6-11-17(15)16/h5-13H,3-4,14,23H2,1-2H3,(H,24,28,29). The first-order valence-corrected chi connectivity index (χ1v) is 9.50. The minimum atomic E-state index is -0.686. The number of nitrogens with one attached hydrogen (secondary N) is 1. The summed E-state index contributed by atoms with van der Waals surface area (Å²) in [5, 5.41) is 2.09. The number of carbonyl (C=O) groups excluding carboxylic acids is 1. The summed E-state index contributed by atoms with van der Waals surface area (Å²) in [6, 6.07) is 13.7. The summed E-state index contributed by atoms with van der Waals surface area (Å²) in [6.45, 7) is 2.36. The maximum atomic E-state index is 12.7. The molecular formula is C22H24N4O3. The molecule has 29 heavy (non-hydrogen) atoms. The normalized spacial score (nSPS) is 11.2. The summed E-state index contributed by atoms with van der Waals surface area (Å²) in [5.74, 6) is -0.433. The maximum absolute atomic E-state index is 12.7. The highest BCUT2D eigenvalue weighted by atomic mass is 16.2. The van der Waals surface area contributed by atoms with Crippen molar-refractivity contribution < 1.29 is 4.79 Å². The van der Waals surface area contributed by atoms with Crippen molar-refractivity contribution in [2.75, 3.05) is 17.7 Å². The van der Waals surface area contributed by atoms with Crippen LogP contribution in [0.4, 0.5) is 11.5 Å². The van der Waals surface area contributed by atoms with Crippen LogP contribution in [0.25, 0.3) is 16.8 Å². The van der Waals surface area contributed by atoms with Crippen LogP contribution in [0.15, 0.2) is 58.1 Å². The highest BCUT2D eigenvalue weighted by Crippen LogP contribution is 2.20. The van der Waals surface area contributed by atoms with Gasteiger partial charge in [-0.05, 0) is 28.8 Å². The predicted molar refractivity (Wildman–Crippen MR) is 117 cm³/mol. The van der Waals surface area contributed by atoms with Gasteiger partial charge in [-0.2, -0.15) is 0 Å². The third-order valence-corrected chi connectivity index (χ3v) is 4.84. The molecule has 1 aromatic heterocycles. The van der Waals surface area contributed by atoms with Crippen molar-refractivity contribution in [1.29, 1.82) is 0 Å². The van der Waals surface area contributed by atoms with Crippen LogP contribution in [-0.4, -0.2) is 22.5 Å². The first-order valence-electron chi connectivity index (χ1n) is 9.50. The van der Waals surface area contributed by atoms with Crippen LogP contribution < -0.4 is 21.9 Å². The zero-order valence-electron chi connectivity index (χ0n) is 16.5. The number of unbranched alkanes of at least 4 members (excludes halogenated alkanes) is 1. The van der Waals surface area contributed by atoms with Gasteiger partial charge in [0.15, 0.2) is 5.69 Å². The number of aromatic nitrogens is 2. The molecule has 7 heteroatoms. The molecule has 3 aromatic rings. The summed E-state index contributed by atoms with van der Waals surface area (Å²) >= 11 is 0. The quantitative estimate of drug-likeness (QED) is 0.630. The Kier molecular flexibility index (Phi) is 5.97. The Morgan fingerprint density at radius 1 is 1.17 bits per heavy atom. The number of hydrogen-bond acceptors (Lipinski definition) is 4. The van der Waals surface area contributed by atoms with Crippen molar-refractivity contribution in [2.45, 2.75) is 26.3 Å². The zero-order valence-corrected chi connectivity index (χ0v) is 16.5. The molecule has 0 aliphatic carbocycles. The number of likely N-dealkylation sites (N-methyl/N-ethyl adjacent to an activating group) is 1. The van der Waals surface area contributed by atoms with Crippen LogP contribution in [0, 0.1) is 0 Å². The number of H-pyrrole nitrogens is 1. The molecule has 0 aliphatic rings. The molecule has 0 saturated heterocycles. The second kappa shape index (κ2) is 8.60. The molecule has 0 fully saturated rings. The van der Waals surface area contributed by atoms with E-state index in [1.165, 1.54) is 17.7 Å². The van der Waals surface area contributed by atoms with Crippen molar-refractivity contribution in [2.24, 2.45) is 0 Å². The summed E-state index contributed by atoms with van der Waals surface area (Å²) in [7, 11) is 1.46. The minimum Gasteiger partial charge on any atom is -0.383 e. The van der Waals surface area contributed by atoms with Crippen LogP contribution in [0.5, 0.6) is 0 Å². The highest BCUT2D eigenvalue weighted by Gasteiger charge is 2.19. The largest absolute Gasteiger partial charge is 0.383 e. The van der Waals surface area contributed by atoms with Crippen LogP contribution in [0.3, 0.4) is 0 Å². The molecule has 3 N–H and O–H groups in total. The molecular weight excluding hydrogens is 368 g/mol. The number of nitrogens with zero attached hydrogens (tertiary/aromatic N) is 2. The second-order valence-electron chi connectivity index (χ2n) is 6.80. The fourth-order valence-electron chi connectivity index (χ4n) is 3.22. The average molecular weight is 392 g/mol. The molecule has 0 bridgehead atoms. The number of nitrogen functional groups attached to an aromatic ring is 1. The number of carbonyl (C=O) groups is 1. The molecule has 0 spiro atoms. The van der Waals surface area contributed by atoms with Crippen molar-refractivity contribution in [3.63, 3.8) is 0 Å². The number of anilines is 2. The zero-order chi connectivity index (χ0) is 21.0. The third-order valence-electron chi connectivity index (χ3n) is 4.84. The van der Waals surface area contributed by atoms with Crippen molar-refractivity contribution in [3.8, 4) is 0 Å². The Morgan fingerprint density at radius 3 is 2.66 bits per heavy atom. The molecule has 0 unspecified atom stereocenters. The fourth-order valence-corrected chi connectivity index (χ4v) is 3.22. The van der Waals surface area contributed by atoms with Crippen LogP contribution in [-0.2, 0) is 11.3 Å². The second-order valence-corrected chi connectivity index (χ2v) is 6.80. The summed E-state index contributed by atoms with van der Waals surface area (Å²) < 4.78 is 1.29. The van der Waals surface area contributed by atoms with E-state index in [1.54, 1.807) is 6.08 Å². The van der Waals surface area contributed by atoms with E-state index in [4.69, 9.17) is 5.73 Å². The van der Waals surface area contributed by atoms with E-state index >= 15 is 0 Å². The third kappa shape index (κ3) is 4.13. The number of amides is 1. The summed E-state index contributed by atoms with van der Waals surface area (Å²) in [5.41, 5.74) is 5.67. The Hall–Kier alpha value is -3.61.